The minimum Gasteiger partial charge on any atom is -0.355 e. The van der Waals surface area contributed by atoms with Gasteiger partial charge in [-0.25, -0.2) is 0 Å². The molecule has 0 unspecified atom stereocenters. The standard InChI is InChI=1S/C14H13NO2/c1-15-14(17)12-11(8-6-7-8)9-4-2-3-5-10(9)13(12)16/h2-5,8H,6-7H2,1H3,(H,15,17). The predicted octanol–water partition coefficient (Wildman–Crippen LogP) is 1.79. The molecule has 0 heterocycles. The van der Waals surface area contributed by atoms with Gasteiger partial charge in [0, 0.05) is 12.6 Å². The summed E-state index contributed by atoms with van der Waals surface area (Å²) in [5, 5.41) is 2.57. The smallest absolute Gasteiger partial charge is 0.255 e. The first-order chi connectivity index (χ1) is 8.24. The number of fused-ring (bicyclic) bond motifs is 1. The maximum absolute atomic E-state index is 12.2. The molecular formula is C14H13NO2. The molecule has 1 aromatic carbocycles. The van der Waals surface area contributed by atoms with Crippen molar-refractivity contribution in [2.75, 3.05) is 7.05 Å². The lowest BCUT2D eigenvalue weighted by atomic mass is 10.0. The van der Waals surface area contributed by atoms with Gasteiger partial charge in [0.2, 0.25) is 0 Å². The third-order valence-corrected chi connectivity index (χ3v) is 3.40. The quantitative estimate of drug-likeness (QED) is 0.783. The summed E-state index contributed by atoms with van der Waals surface area (Å²) in [6.45, 7) is 0. The zero-order chi connectivity index (χ0) is 12.0. The van der Waals surface area contributed by atoms with Gasteiger partial charge in [-0.2, -0.15) is 0 Å². The van der Waals surface area contributed by atoms with Gasteiger partial charge in [0.05, 0.1) is 5.57 Å². The van der Waals surface area contributed by atoms with Crippen LogP contribution in [0.5, 0.6) is 0 Å². The second-order valence-corrected chi connectivity index (χ2v) is 4.52. The van der Waals surface area contributed by atoms with E-state index in [0.29, 0.717) is 17.1 Å². The van der Waals surface area contributed by atoms with Gasteiger partial charge in [0.15, 0.2) is 5.78 Å². The van der Waals surface area contributed by atoms with E-state index in [4.69, 9.17) is 0 Å². The average molecular weight is 227 g/mol. The largest absolute Gasteiger partial charge is 0.355 e. The van der Waals surface area contributed by atoms with Crippen molar-refractivity contribution in [3.8, 4) is 0 Å². The SMILES string of the molecule is CNC(=O)C1=C(C2CC2)c2ccccc2C1=O. The molecule has 0 bridgehead atoms. The first kappa shape index (κ1) is 10.3. The van der Waals surface area contributed by atoms with Crippen molar-refractivity contribution in [1.29, 1.82) is 0 Å². The third kappa shape index (κ3) is 1.42. The summed E-state index contributed by atoms with van der Waals surface area (Å²) >= 11 is 0. The molecule has 0 saturated heterocycles. The van der Waals surface area contributed by atoms with Crippen LogP contribution in [0, 0.1) is 5.92 Å². The highest BCUT2D eigenvalue weighted by molar-refractivity contribution is 6.34. The van der Waals surface area contributed by atoms with Crippen LogP contribution in [0.25, 0.3) is 5.57 Å². The van der Waals surface area contributed by atoms with Gasteiger partial charge in [-0.1, -0.05) is 24.3 Å². The van der Waals surface area contributed by atoms with Gasteiger partial charge >= 0.3 is 0 Å². The van der Waals surface area contributed by atoms with Crippen LogP contribution >= 0.6 is 0 Å². The molecule has 0 aliphatic heterocycles. The number of nitrogens with one attached hydrogen (secondary N) is 1. The van der Waals surface area contributed by atoms with E-state index < -0.39 is 0 Å². The van der Waals surface area contributed by atoms with Crippen LogP contribution < -0.4 is 5.32 Å². The summed E-state index contributed by atoms with van der Waals surface area (Å²) in [5.74, 6) is 0.0184. The molecule has 0 aromatic heterocycles. The van der Waals surface area contributed by atoms with Crippen LogP contribution in [-0.2, 0) is 4.79 Å². The maximum atomic E-state index is 12.2. The molecule has 3 heteroatoms. The fourth-order valence-corrected chi connectivity index (χ4v) is 2.45. The highest BCUT2D eigenvalue weighted by Crippen LogP contribution is 2.48. The molecule has 3 rings (SSSR count). The highest BCUT2D eigenvalue weighted by atomic mass is 16.2. The van der Waals surface area contributed by atoms with E-state index in [0.717, 1.165) is 24.0 Å². The van der Waals surface area contributed by atoms with Crippen LogP contribution in [0.1, 0.15) is 28.8 Å². The summed E-state index contributed by atoms with van der Waals surface area (Å²) in [4.78, 5) is 24.1. The molecule has 0 radical (unpaired) electrons. The number of ketones is 1. The van der Waals surface area contributed by atoms with Crippen LogP contribution in [-0.4, -0.2) is 18.7 Å². The first-order valence-electron chi connectivity index (χ1n) is 5.84. The fraction of sp³-hybridized carbons (Fsp3) is 0.286. The molecule has 17 heavy (non-hydrogen) atoms. The van der Waals surface area contributed by atoms with Crippen LogP contribution in [0.4, 0.5) is 0 Å². The van der Waals surface area contributed by atoms with Crippen molar-refractivity contribution in [3.05, 3.63) is 41.0 Å². The van der Waals surface area contributed by atoms with E-state index in [1.165, 1.54) is 0 Å². The Morgan fingerprint density at radius 3 is 2.47 bits per heavy atom. The first-order valence-corrected chi connectivity index (χ1v) is 5.84. The Morgan fingerprint density at radius 2 is 1.88 bits per heavy atom. The van der Waals surface area contributed by atoms with E-state index in [9.17, 15) is 9.59 Å². The highest BCUT2D eigenvalue weighted by Gasteiger charge is 2.40. The van der Waals surface area contributed by atoms with Gasteiger partial charge in [-0.3, -0.25) is 9.59 Å². The number of allylic oxidation sites excluding steroid dienone is 1. The van der Waals surface area contributed by atoms with Gasteiger partial charge < -0.3 is 5.32 Å². The Labute approximate surface area is 99.5 Å². The lowest BCUT2D eigenvalue weighted by molar-refractivity contribution is -0.116. The molecule has 1 amide bonds. The Bertz CT molecular complexity index is 553. The number of likely N-dealkylation sites (N-methyl/N-ethyl adjacent to an activating group) is 1. The second-order valence-electron chi connectivity index (χ2n) is 4.52. The molecule has 3 nitrogen and oxygen atoms in total. The monoisotopic (exact) mass is 227 g/mol. The molecule has 2 aliphatic carbocycles. The minimum absolute atomic E-state index is 0.123. The van der Waals surface area contributed by atoms with Gasteiger partial charge in [-0.15, -0.1) is 0 Å². The number of carbonyl (C=O) groups is 2. The number of amides is 1. The van der Waals surface area contributed by atoms with Gasteiger partial charge in [0.1, 0.15) is 0 Å². The van der Waals surface area contributed by atoms with E-state index in [-0.39, 0.29) is 11.7 Å². The number of carbonyl (C=O) groups excluding carboxylic acids is 2. The van der Waals surface area contributed by atoms with E-state index in [2.05, 4.69) is 5.32 Å². The summed E-state index contributed by atoms with van der Waals surface area (Å²) in [6.07, 6.45) is 2.16. The van der Waals surface area contributed by atoms with Crippen molar-refractivity contribution < 1.29 is 9.59 Å². The lowest BCUT2D eigenvalue weighted by Crippen LogP contribution is -2.24. The lowest BCUT2D eigenvalue weighted by Gasteiger charge is -2.04. The molecule has 1 N–H and O–H groups in total. The minimum atomic E-state index is -0.256. The average Bonchev–Trinajstić information content (AvgIpc) is 3.15. The maximum Gasteiger partial charge on any atom is 0.255 e. The topological polar surface area (TPSA) is 46.2 Å². The molecule has 86 valence electrons. The second kappa shape index (κ2) is 3.55. The molecule has 1 aromatic rings. The van der Waals surface area contributed by atoms with E-state index in [1.807, 2.05) is 18.2 Å². The zero-order valence-electron chi connectivity index (χ0n) is 9.62. The number of hydrogen-bond donors (Lipinski definition) is 1. The van der Waals surface area contributed by atoms with Crippen LogP contribution in [0.3, 0.4) is 0 Å². The normalized spacial score (nSPS) is 18.3. The molecular weight excluding hydrogens is 214 g/mol. The van der Waals surface area contributed by atoms with Gasteiger partial charge in [-0.05, 0) is 29.9 Å². The van der Waals surface area contributed by atoms with Crippen LogP contribution in [0.2, 0.25) is 0 Å². The Balaban J connectivity index is 2.20. The zero-order valence-corrected chi connectivity index (χ0v) is 9.62. The summed E-state index contributed by atoms with van der Waals surface area (Å²) < 4.78 is 0. The fourth-order valence-electron chi connectivity index (χ4n) is 2.45. The molecule has 1 fully saturated rings. The molecule has 2 aliphatic rings. The van der Waals surface area contributed by atoms with Crippen molar-refractivity contribution in [3.63, 3.8) is 0 Å². The summed E-state index contributed by atoms with van der Waals surface area (Å²) in [5.41, 5.74) is 2.95. The van der Waals surface area contributed by atoms with Gasteiger partial charge in [0.25, 0.3) is 5.91 Å². The Kier molecular flexibility index (Phi) is 2.15. The van der Waals surface area contributed by atoms with Crippen molar-refractivity contribution in [1.82, 2.24) is 5.32 Å². The number of hydrogen-bond acceptors (Lipinski definition) is 2. The Hall–Kier alpha value is -1.90. The Morgan fingerprint density at radius 1 is 1.24 bits per heavy atom. The number of Topliss-reactive ketones (excluding diaryl/α,β-unsaturated/α-hetero) is 1. The third-order valence-electron chi connectivity index (χ3n) is 3.40. The van der Waals surface area contributed by atoms with Crippen molar-refractivity contribution >= 4 is 17.3 Å². The summed E-state index contributed by atoms with van der Waals surface area (Å²) in [6, 6.07) is 7.50. The number of benzene rings is 1. The molecule has 0 spiro atoms. The predicted molar refractivity (Wildman–Crippen MR) is 64.5 cm³/mol. The van der Waals surface area contributed by atoms with E-state index >= 15 is 0 Å². The summed E-state index contributed by atoms with van der Waals surface area (Å²) in [7, 11) is 1.57. The number of rotatable bonds is 2. The van der Waals surface area contributed by atoms with E-state index in [1.54, 1.807) is 13.1 Å². The van der Waals surface area contributed by atoms with Crippen LogP contribution in [0.15, 0.2) is 29.8 Å². The van der Waals surface area contributed by atoms with Crippen molar-refractivity contribution in [2.24, 2.45) is 5.92 Å². The van der Waals surface area contributed by atoms with Crippen molar-refractivity contribution in [2.45, 2.75) is 12.8 Å². The molecule has 0 atom stereocenters. The molecule has 1 saturated carbocycles.